The van der Waals surface area contributed by atoms with Gasteiger partial charge >= 0.3 is 0 Å². The van der Waals surface area contributed by atoms with Crippen LogP contribution in [-0.2, 0) is 11.3 Å². The average Bonchev–Trinajstić information content (AvgIpc) is 3.36. The fourth-order valence-corrected chi connectivity index (χ4v) is 5.36. The number of amides is 1. The van der Waals surface area contributed by atoms with Crippen LogP contribution in [0.15, 0.2) is 37.1 Å². The van der Waals surface area contributed by atoms with Gasteiger partial charge in [-0.25, -0.2) is 4.98 Å². The van der Waals surface area contributed by atoms with Crippen LogP contribution in [0.3, 0.4) is 0 Å². The standard InChI is InChI=1S/C23H31N5O/c1-17(2)28-14-21(25-16-28)20-13-27(19-4-3-5-19)15-23(20)8-11-26(22(23)29)12-18-6-9-24-10-7-18/h6-7,9-10,14,16-17,19-20H,3-5,8,11-13,15H2,1-2H3/t20-,23-/m1/s1. The molecule has 2 aromatic heterocycles. The van der Waals surface area contributed by atoms with Crippen LogP contribution in [0.4, 0.5) is 0 Å². The number of rotatable bonds is 5. The molecule has 1 spiro atoms. The molecule has 1 amide bonds. The van der Waals surface area contributed by atoms with Crippen LogP contribution >= 0.6 is 0 Å². The van der Waals surface area contributed by atoms with Crippen molar-refractivity contribution in [2.75, 3.05) is 19.6 Å². The maximum atomic E-state index is 13.8. The molecule has 0 N–H and O–H groups in total. The Morgan fingerprint density at radius 2 is 2.03 bits per heavy atom. The van der Waals surface area contributed by atoms with E-state index in [1.807, 2.05) is 18.5 Å². The van der Waals surface area contributed by atoms with Crippen LogP contribution in [0.25, 0.3) is 0 Å². The molecule has 2 saturated heterocycles. The van der Waals surface area contributed by atoms with E-state index in [1.165, 1.54) is 19.3 Å². The summed E-state index contributed by atoms with van der Waals surface area (Å²) in [6, 6.07) is 5.06. The molecule has 29 heavy (non-hydrogen) atoms. The number of nitrogens with zero attached hydrogens (tertiary/aromatic N) is 5. The topological polar surface area (TPSA) is 54.3 Å². The minimum Gasteiger partial charge on any atom is -0.338 e. The molecule has 0 bridgehead atoms. The molecule has 0 radical (unpaired) electrons. The molecule has 1 saturated carbocycles. The Hall–Kier alpha value is -2.21. The summed E-state index contributed by atoms with van der Waals surface area (Å²) in [5.41, 5.74) is 1.93. The molecule has 2 atom stereocenters. The predicted octanol–water partition coefficient (Wildman–Crippen LogP) is 3.23. The molecule has 2 aromatic rings. The highest BCUT2D eigenvalue weighted by molar-refractivity contribution is 5.86. The fraction of sp³-hybridized carbons (Fsp3) is 0.609. The van der Waals surface area contributed by atoms with Crippen molar-refractivity contribution in [1.82, 2.24) is 24.3 Å². The molecule has 154 valence electrons. The molecule has 1 aliphatic carbocycles. The molecule has 5 rings (SSSR count). The number of aromatic nitrogens is 3. The zero-order valence-electron chi connectivity index (χ0n) is 17.5. The first kappa shape index (κ1) is 18.8. The van der Waals surface area contributed by atoms with Crippen molar-refractivity contribution >= 4 is 5.91 Å². The number of carbonyl (C=O) groups is 1. The molecule has 0 aromatic carbocycles. The van der Waals surface area contributed by atoms with Gasteiger partial charge in [-0.1, -0.05) is 6.42 Å². The Balaban J connectivity index is 1.43. The van der Waals surface area contributed by atoms with Crippen LogP contribution in [0.2, 0.25) is 0 Å². The van der Waals surface area contributed by atoms with Gasteiger partial charge in [-0.05, 0) is 50.8 Å². The van der Waals surface area contributed by atoms with E-state index >= 15 is 0 Å². The van der Waals surface area contributed by atoms with Gasteiger partial charge in [0.05, 0.1) is 17.4 Å². The highest BCUT2D eigenvalue weighted by Crippen LogP contribution is 2.51. The van der Waals surface area contributed by atoms with Gasteiger partial charge in [-0.15, -0.1) is 0 Å². The van der Waals surface area contributed by atoms with Gasteiger partial charge in [-0.2, -0.15) is 0 Å². The van der Waals surface area contributed by atoms with Crippen molar-refractivity contribution in [3.05, 3.63) is 48.3 Å². The molecule has 6 heteroatoms. The maximum absolute atomic E-state index is 13.8. The quantitative estimate of drug-likeness (QED) is 0.783. The summed E-state index contributed by atoms with van der Waals surface area (Å²) in [4.78, 5) is 27.3. The Morgan fingerprint density at radius 1 is 1.24 bits per heavy atom. The molecule has 2 aliphatic heterocycles. The first-order valence-electron chi connectivity index (χ1n) is 11.0. The van der Waals surface area contributed by atoms with Crippen LogP contribution in [0.5, 0.6) is 0 Å². The Labute approximate surface area is 172 Å². The summed E-state index contributed by atoms with van der Waals surface area (Å²) in [5, 5.41) is 0. The van der Waals surface area contributed by atoms with Gasteiger partial charge in [0.1, 0.15) is 0 Å². The predicted molar refractivity (Wildman–Crippen MR) is 111 cm³/mol. The maximum Gasteiger partial charge on any atom is 0.231 e. The third-order valence-electron chi connectivity index (χ3n) is 7.40. The number of likely N-dealkylation sites (tertiary alicyclic amines) is 2. The molecular formula is C23H31N5O. The Kier molecular flexibility index (Phi) is 4.69. The molecule has 4 heterocycles. The highest BCUT2D eigenvalue weighted by atomic mass is 16.2. The number of hydrogen-bond donors (Lipinski definition) is 0. The number of imidazole rings is 1. The summed E-state index contributed by atoms with van der Waals surface area (Å²) < 4.78 is 2.17. The van der Waals surface area contributed by atoms with E-state index in [4.69, 9.17) is 4.98 Å². The molecular weight excluding hydrogens is 362 g/mol. The van der Waals surface area contributed by atoms with Gasteiger partial charge in [0.25, 0.3) is 0 Å². The highest BCUT2D eigenvalue weighted by Gasteiger charge is 2.58. The minimum atomic E-state index is -0.321. The summed E-state index contributed by atoms with van der Waals surface area (Å²) >= 11 is 0. The Morgan fingerprint density at radius 3 is 2.69 bits per heavy atom. The largest absolute Gasteiger partial charge is 0.338 e. The lowest BCUT2D eigenvalue weighted by Gasteiger charge is -2.35. The van der Waals surface area contributed by atoms with E-state index in [-0.39, 0.29) is 11.3 Å². The fourth-order valence-electron chi connectivity index (χ4n) is 5.36. The SMILES string of the molecule is CC(C)n1cnc([C@H]2CN(C3CCC3)C[C@]23CCN(Cc2ccncc2)C3=O)c1. The van der Waals surface area contributed by atoms with E-state index in [9.17, 15) is 4.79 Å². The second-order valence-corrected chi connectivity index (χ2v) is 9.39. The number of hydrogen-bond acceptors (Lipinski definition) is 4. The molecule has 6 nitrogen and oxygen atoms in total. The summed E-state index contributed by atoms with van der Waals surface area (Å²) in [6.45, 7) is 7.72. The van der Waals surface area contributed by atoms with E-state index < -0.39 is 0 Å². The van der Waals surface area contributed by atoms with Crippen molar-refractivity contribution in [3.63, 3.8) is 0 Å². The van der Waals surface area contributed by atoms with Crippen molar-refractivity contribution in [2.45, 2.75) is 64.1 Å². The molecule has 3 fully saturated rings. The third kappa shape index (κ3) is 3.18. The lowest BCUT2D eigenvalue weighted by atomic mass is 9.75. The van der Waals surface area contributed by atoms with E-state index in [0.29, 0.717) is 24.5 Å². The normalized spacial score (nSPS) is 28.0. The zero-order chi connectivity index (χ0) is 20.0. The van der Waals surface area contributed by atoms with Crippen LogP contribution < -0.4 is 0 Å². The second kappa shape index (κ2) is 7.24. The second-order valence-electron chi connectivity index (χ2n) is 9.39. The first-order valence-corrected chi connectivity index (χ1v) is 11.0. The minimum absolute atomic E-state index is 0.193. The van der Waals surface area contributed by atoms with Crippen molar-refractivity contribution in [2.24, 2.45) is 5.41 Å². The summed E-state index contributed by atoms with van der Waals surface area (Å²) in [6.07, 6.45) is 12.5. The van der Waals surface area contributed by atoms with E-state index in [0.717, 1.165) is 37.3 Å². The van der Waals surface area contributed by atoms with Gasteiger partial charge in [-0.3, -0.25) is 14.7 Å². The zero-order valence-corrected chi connectivity index (χ0v) is 17.5. The summed E-state index contributed by atoms with van der Waals surface area (Å²) in [5.74, 6) is 0.512. The smallest absolute Gasteiger partial charge is 0.231 e. The third-order valence-corrected chi connectivity index (χ3v) is 7.40. The van der Waals surface area contributed by atoms with Crippen LogP contribution in [0.1, 0.15) is 62.7 Å². The van der Waals surface area contributed by atoms with Gasteiger partial charge < -0.3 is 9.47 Å². The first-order chi connectivity index (χ1) is 14.1. The average molecular weight is 394 g/mol. The lowest BCUT2D eigenvalue weighted by molar-refractivity contribution is -0.136. The molecule has 3 aliphatic rings. The van der Waals surface area contributed by atoms with E-state index in [2.05, 4.69) is 39.4 Å². The molecule has 0 unspecified atom stereocenters. The van der Waals surface area contributed by atoms with E-state index in [1.54, 1.807) is 12.4 Å². The number of pyridine rings is 1. The van der Waals surface area contributed by atoms with Crippen molar-refractivity contribution in [1.29, 1.82) is 0 Å². The van der Waals surface area contributed by atoms with Gasteiger partial charge in [0.2, 0.25) is 5.91 Å². The van der Waals surface area contributed by atoms with Crippen molar-refractivity contribution < 1.29 is 4.79 Å². The monoisotopic (exact) mass is 393 g/mol. The van der Waals surface area contributed by atoms with Crippen LogP contribution in [-0.4, -0.2) is 55.9 Å². The van der Waals surface area contributed by atoms with Crippen LogP contribution in [0, 0.1) is 5.41 Å². The summed E-state index contributed by atoms with van der Waals surface area (Å²) in [7, 11) is 0. The lowest BCUT2D eigenvalue weighted by Crippen LogP contribution is -2.42. The Bertz CT molecular complexity index is 874. The van der Waals surface area contributed by atoms with Crippen molar-refractivity contribution in [3.8, 4) is 0 Å². The van der Waals surface area contributed by atoms with Gasteiger partial charge in [0.15, 0.2) is 0 Å². The number of carbonyl (C=O) groups excluding carboxylic acids is 1. The van der Waals surface area contributed by atoms with Gasteiger partial charge in [0, 0.05) is 62.8 Å².